The average molecular weight is 379 g/mol. The molecule has 3 aromatic heterocycles. The molecule has 0 atom stereocenters. The standard InChI is InChI=1S/C16H17N3O4S2/c1-11-4-5-14(24-11)25(20,21)19-8-6-12(7-9-19)15-17-18-16(23-15)13-3-2-10-22-13/h2-5,10,12H,6-9H2,1H3. The maximum Gasteiger partial charge on any atom is 0.283 e. The number of aromatic nitrogens is 2. The first kappa shape index (κ1) is 16.5. The molecule has 1 fully saturated rings. The Hall–Kier alpha value is -1.97. The van der Waals surface area contributed by atoms with Gasteiger partial charge < -0.3 is 8.83 Å². The fourth-order valence-electron chi connectivity index (χ4n) is 2.92. The molecule has 0 N–H and O–H groups in total. The van der Waals surface area contributed by atoms with Crippen molar-refractivity contribution in [3.05, 3.63) is 41.3 Å². The van der Waals surface area contributed by atoms with Crippen LogP contribution in [0.3, 0.4) is 0 Å². The maximum absolute atomic E-state index is 12.7. The largest absolute Gasteiger partial charge is 0.459 e. The Kier molecular flexibility index (Phi) is 4.22. The van der Waals surface area contributed by atoms with Crippen molar-refractivity contribution >= 4 is 21.4 Å². The molecule has 0 spiro atoms. The fourth-order valence-corrected chi connectivity index (χ4v) is 5.83. The second-order valence-corrected chi connectivity index (χ2v) is 9.42. The van der Waals surface area contributed by atoms with Crippen LogP contribution in [0.1, 0.15) is 29.5 Å². The van der Waals surface area contributed by atoms with Gasteiger partial charge in [-0.05, 0) is 44.0 Å². The van der Waals surface area contributed by atoms with Crippen LogP contribution >= 0.6 is 11.3 Å². The summed E-state index contributed by atoms with van der Waals surface area (Å²) in [5.41, 5.74) is 0. The molecule has 7 nitrogen and oxygen atoms in total. The van der Waals surface area contributed by atoms with E-state index in [-0.39, 0.29) is 5.92 Å². The SMILES string of the molecule is Cc1ccc(S(=O)(=O)N2CCC(c3nnc(-c4ccco4)o3)CC2)s1. The Balaban J connectivity index is 1.45. The highest BCUT2D eigenvalue weighted by molar-refractivity contribution is 7.91. The quantitative estimate of drug-likeness (QED) is 0.691. The van der Waals surface area contributed by atoms with E-state index in [2.05, 4.69) is 10.2 Å². The van der Waals surface area contributed by atoms with Crippen molar-refractivity contribution in [1.29, 1.82) is 0 Å². The lowest BCUT2D eigenvalue weighted by molar-refractivity contribution is 0.291. The number of hydrogen-bond donors (Lipinski definition) is 0. The fraction of sp³-hybridized carbons (Fsp3) is 0.375. The zero-order valence-corrected chi connectivity index (χ0v) is 15.2. The third-order valence-corrected chi connectivity index (χ3v) is 7.65. The van der Waals surface area contributed by atoms with Crippen molar-refractivity contribution in [2.45, 2.75) is 29.9 Å². The third kappa shape index (κ3) is 3.14. The van der Waals surface area contributed by atoms with Gasteiger partial charge in [-0.3, -0.25) is 0 Å². The lowest BCUT2D eigenvalue weighted by atomic mass is 9.98. The second kappa shape index (κ2) is 6.40. The van der Waals surface area contributed by atoms with E-state index >= 15 is 0 Å². The molecule has 0 bridgehead atoms. The van der Waals surface area contributed by atoms with Gasteiger partial charge in [-0.25, -0.2) is 8.42 Å². The average Bonchev–Trinajstić information content (AvgIpc) is 3.35. The van der Waals surface area contributed by atoms with Crippen LogP contribution in [0.2, 0.25) is 0 Å². The minimum absolute atomic E-state index is 0.0627. The van der Waals surface area contributed by atoms with Gasteiger partial charge >= 0.3 is 0 Å². The number of hydrogen-bond acceptors (Lipinski definition) is 7. The van der Waals surface area contributed by atoms with Crippen LogP contribution in [-0.2, 0) is 10.0 Å². The number of nitrogens with zero attached hydrogens (tertiary/aromatic N) is 3. The lowest BCUT2D eigenvalue weighted by Gasteiger charge is -2.29. The molecule has 0 aromatic carbocycles. The summed E-state index contributed by atoms with van der Waals surface area (Å²) in [6.45, 7) is 2.80. The van der Waals surface area contributed by atoms with Gasteiger partial charge in [-0.1, -0.05) is 0 Å². The van der Waals surface area contributed by atoms with Gasteiger partial charge in [0.2, 0.25) is 5.89 Å². The minimum Gasteiger partial charge on any atom is -0.459 e. The number of thiophene rings is 1. The van der Waals surface area contributed by atoms with Gasteiger partial charge in [0.1, 0.15) is 4.21 Å². The highest BCUT2D eigenvalue weighted by Crippen LogP contribution is 2.33. The molecule has 3 aromatic rings. The zero-order valence-electron chi connectivity index (χ0n) is 13.6. The zero-order chi connectivity index (χ0) is 17.4. The number of aryl methyl sites for hydroxylation is 1. The van der Waals surface area contributed by atoms with Crippen LogP contribution in [0, 0.1) is 6.92 Å². The summed E-state index contributed by atoms with van der Waals surface area (Å²) in [6.07, 6.45) is 2.86. The van der Waals surface area contributed by atoms with E-state index < -0.39 is 10.0 Å². The second-order valence-electron chi connectivity index (χ2n) is 5.97. The van der Waals surface area contributed by atoms with Gasteiger partial charge in [0.05, 0.1) is 6.26 Å². The normalized spacial score (nSPS) is 17.2. The topological polar surface area (TPSA) is 89.4 Å². The Morgan fingerprint density at radius 2 is 2.00 bits per heavy atom. The van der Waals surface area contributed by atoms with E-state index in [1.807, 2.05) is 13.0 Å². The summed E-state index contributed by atoms with van der Waals surface area (Å²) in [5.74, 6) is 1.49. The van der Waals surface area contributed by atoms with Crippen LogP contribution in [0.15, 0.2) is 43.6 Å². The van der Waals surface area contributed by atoms with Crippen molar-refractivity contribution in [2.75, 3.05) is 13.1 Å². The minimum atomic E-state index is -3.41. The molecule has 0 aliphatic carbocycles. The summed E-state index contributed by atoms with van der Waals surface area (Å²) < 4.78 is 38.2. The van der Waals surface area contributed by atoms with E-state index in [1.165, 1.54) is 11.3 Å². The lowest BCUT2D eigenvalue weighted by Crippen LogP contribution is -2.37. The number of sulfonamides is 1. The van der Waals surface area contributed by atoms with E-state index in [9.17, 15) is 8.42 Å². The Morgan fingerprint density at radius 1 is 1.20 bits per heavy atom. The van der Waals surface area contributed by atoms with Crippen LogP contribution in [0.25, 0.3) is 11.7 Å². The van der Waals surface area contributed by atoms with Crippen molar-refractivity contribution in [3.63, 3.8) is 0 Å². The molecule has 4 heterocycles. The molecule has 0 saturated carbocycles. The monoisotopic (exact) mass is 379 g/mol. The Labute approximate surface area is 149 Å². The first-order valence-corrected chi connectivity index (χ1v) is 10.2. The van der Waals surface area contributed by atoms with Crippen LogP contribution in [0.4, 0.5) is 0 Å². The summed E-state index contributed by atoms with van der Waals surface area (Å²) in [5, 5.41) is 8.11. The smallest absolute Gasteiger partial charge is 0.283 e. The number of furan rings is 1. The molecule has 1 aliphatic heterocycles. The molecule has 1 aliphatic rings. The highest BCUT2D eigenvalue weighted by atomic mass is 32.2. The van der Waals surface area contributed by atoms with E-state index in [4.69, 9.17) is 8.83 Å². The van der Waals surface area contributed by atoms with Crippen molar-refractivity contribution in [2.24, 2.45) is 0 Å². The van der Waals surface area contributed by atoms with Crippen LogP contribution in [0.5, 0.6) is 0 Å². The molecule has 9 heteroatoms. The van der Waals surface area contributed by atoms with Gasteiger partial charge in [-0.2, -0.15) is 4.31 Å². The van der Waals surface area contributed by atoms with Gasteiger partial charge in [0, 0.05) is 23.9 Å². The predicted octanol–water partition coefficient (Wildman–Crippen LogP) is 3.27. The summed E-state index contributed by atoms with van der Waals surface area (Å²) >= 11 is 1.31. The highest BCUT2D eigenvalue weighted by Gasteiger charge is 2.32. The van der Waals surface area contributed by atoms with E-state index in [0.717, 1.165) is 4.88 Å². The van der Waals surface area contributed by atoms with E-state index in [1.54, 1.807) is 28.8 Å². The van der Waals surface area contributed by atoms with Gasteiger partial charge in [-0.15, -0.1) is 21.5 Å². The molecule has 25 heavy (non-hydrogen) atoms. The molecule has 132 valence electrons. The molecule has 0 radical (unpaired) electrons. The van der Waals surface area contributed by atoms with Crippen molar-refractivity contribution in [1.82, 2.24) is 14.5 Å². The molecule has 1 saturated heterocycles. The van der Waals surface area contributed by atoms with Crippen molar-refractivity contribution < 1.29 is 17.3 Å². The van der Waals surface area contributed by atoms with Crippen LogP contribution < -0.4 is 0 Å². The Bertz CT molecular complexity index is 951. The number of piperidine rings is 1. The molecular weight excluding hydrogens is 362 g/mol. The molecule has 0 amide bonds. The van der Waals surface area contributed by atoms with Gasteiger partial charge in [0.25, 0.3) is 15.9 Å². The predicted molar refractivity (Wildman–Crippen MR) is 91.8 cm³/mol. The van der Waals surface area contributed by atoms with E-state index in [0.29, 0.717) is 47.7 Å². The molecule has 4 rings (SSSR count). The van der Waals surface area contributed by atoms with Gasteiger partial charge in [0.15, 0.2) is 5.76 Å². The first-order chi connectivity index (χ1) is 12.0. The van der Waals surface area contributed by atoms with Crippen molar-refractivity contribution in [3.8, 4) is 11.7 Å². The maximum atomic E-state index is 12.7. The summed E-state index contributed by atoms with van der Waals surface area (Å²) in [4.78, 5) is 0.991. The summed E-state index contributed by atoms with van der Waals surface area (Å²) in [7, 11) is -3.41. The summed E-state index contributed by atoms with van der Waals surface area (Å²) in [6, 6.07) is 7.03. The third-order valence-electron chi connectivity index (χ3n) is 4.29. The molecule has 0 unspecified atom stereocenters. The first-order valence-electron chi connectivity index (χ1n) is 7.98. The molecular formula is C16H17N3O4S2. The Morgan fingerprint density at radius 3 is 2.64 bits per heavy atom. The number of rotatable bonds is 4. The van der Waals surface area contributed by atoms with Crippen LogP contribution in [-0.4, -0.2) is 36.0 Å².